The van der Waals surface area contributed by atoms with Gasteiger partial charge in [0.15, 0.2) is 0 Å². The van der Waals surface area contributed by atoms with E-state index < -0.39 is 16.0 Å². The van der Waals surface area contributed by atoms with Crippen LogP contribution < -0.4 is 2.85 Å². The summed E-state index contributed by atoms with van der Waals surface area (Å²) in [6.45, 7) is 0. The van der Waals surface area contributed by atoms with Crippen molar-refractivity contribution in [1.82, 2.24) is 0 Å². The molecule has 1 nitrogen and oxygen atoms in total. The molecule has 0 radical (unpaired) electrons. The van der Waals surface area contributed by atoms with Crippen LogP contribution in [-0.4, -0.2) is 0 Å². The van der Waals surface area contributed by atoms with Crippen LogP contribution in [0, 0.1) is 0 Å². The maximum absolute atomic E-state index is 6.74. The molecule has 0 fully saturated rings. The fraction of sp³-hybridized carbons (Fsp3) is 0.375. The molecule has 0 saturated heterocycles. The van der Waals surface area contributed by atoms with Crippen LogP contribution in [0.15, 0.2) is 51.9 Å². The standard InChI is InChI=1S/C6H6O.C5H5.5CH3.2ClH.Hf/c7-6-4-2-1-3-5-6;1-2-4-5-3-1;;;;;;;;/h1-5,7H;1-3H,4H2;5*1H3;2*1H;/q;;;;;;;;;+1/p-1. The van der Waals surface area contributed by atoms with E-state index in [1.807, 2.05) is 18.2 Å². The number of hydrogen-bond acceptors (Lipinski definition) is 1. The van der Waals surface area contributed by atoms with Gasteiger partial charge in [-0.2, -0.15) is 0 Å². The van der Waals surface area contributed by atoms with Gasteiger partial charge in [0, 0.05) is 0 Å². The minimum absolute atomic E-state index is 0. The summed E-state index contributed by atoms with van der Waals surface area (Å²) in [6, 6.07) is 10.2. The predicted octanol–water partition coefficient (Wildman–Crippen LogP) is 6.67. The minimum atomic E-state index is -4.37. The van der Waals surface area contributed by atoms with E-state index in [2.05, 4.69) is 53.8 Å². The van der Waals surface area contributed by atoms with Gasteiger partial charge >= 0.3 is 106 Å². The van der Waals surface area contributed by atoms with E-state index in [1.54, 1.807) is 0 Å². The van der Waals surface area contributed by atoms with Crippen LogP contribution in [0.3, 0.4) is 0 Å². The SMILES string of the molecule is Cl.Cl.[CH3][Hf]([CH3])([CH3])([CH3])([CH3])([O]c1ccccc1)[C]1=CC=CC1. The van der Waals surface area contributed by atoms with Gasteiger partial charge in [0.25, 0.3) is 0 Å². The van der Waals surface area contributed by atoms with Crippen molar-refractivity contribution < 1.29 is 18.9 Å². The van der Waals surface area contributed by atoms with Crippen molar-refractivity contribution in [2.24, 2.45) is 0 Å². The van der Waals surface area contributed by atoms with Gasteiger partial charge in [-0.25, -0.2) is 0 Å². The van der Waals surface area contributed by atoms with Crippen molar-refractivity contribution in [2.45, 2.75) is 29.8 Å². The topological polar surface area (TPSA) is 9.23 Å². The van der Waals surface area contributed by atoms with E-state index in [1.165, 1.54) is 3.33 Å². The first-order chi connectivity index (χ1) is 7.92. The molecule has 4 heteroatoms. The van der Waals surface area contributed by atoms with E-state index in [9.17, 15) is 0 Å². The molecule has 1 aliphatic rings. The fourth-order valence-electron chi connectivity index (χ4n) is 2.65. The summed E-state index contributed by atoms with van der Waals surface area (Å²) in [4.78, 5) is 0. The molecular formula is C16H27Cl2HfO. The van der Waals surface area contributed by atoms with Gasteiger partial charge in [0.1, 0.15) is 0 Å². The number of allylic oxidation sites excluding steroid dienone is 4. The molecule has 2 rings (SSSR count). The van der Waals surface area contributed by atoms with E-state index in [-0.39, 0.29) is 24.8 Å². The molecule has 0 bridgehead atoms. The third-order valence-electron chi connectivity index (χ3n) is 3.93. The second-order valence-electron chi connectivity index (χ2n) is 10.1. The van der Waals surface area contributed by atoms with Gasteiger partial charge in [-0.1, -0.05) is 0 Å². The van der Waals surface area contributed by atoms with Gasteiger partial charge in [0.2, 0.25) is 0 Å². The molecule has 0 aromatic heterocycles. The number of hydrogen-bond donors (Lipinski definition) is 0. The van der Waals surface area contributed by atoms with Gasteiger partial charge in [-0.3, -0.25) is 0 Å². The van der Waals surface area contributed by atoms with Crippen LogP contribution in [0.1, 0.15) is 6.42 Å². The number of para-hydroxylation sites is 1. The van der Waals surface area contributed by atoms with E-state index >= 15 is 0 Å². The molecule has 0 heterocycles. The zero-order valence-corrected chi connectivity index (χ0v) is 18.3. The molecule has 0 atom stereocenters. The van der Waals surface area contributed by atoms with E-state index in [4.69, 9.17) is 2.85 Å². The average molecular weight is 485 g/mol. The predicted molar refractivity (Wildman–Crippen MR) is 92.7 cm³/mol. The molecule has 1 aliphatic carbocycles. The normalized spacial score (nSPS) is 19.2. The van der Waals surface area contributed by atoms with Crippen molar-refractivity contribution in [2.75, 3.05) is 0 Å². The summed E-state index contributed by atoms with van der Waals surface area (Å²) in [5.74, 6) is 0.980. The van der Waals surface area contributed by atoms with Crippen LogP contribution in [0.4, 0.5) is 0 Å². The van der Waals surface area contributed by atoms with E-state index in [0.29, 0.717) is 0 Å². The van der Waals surface area contributed by atoms with Crippen LogP contribution in [0.5, 0.6) is 5.75 Å². The zero-order valence-electron chi connectivity index (χ0n) is 13.1. The van der Waals surface area contributed by atoms with Crippen molar-refractivity contribution in [1.29, 1.82) is 0 Å². The average Bonchev–Trinajstić information content (AvgIpc) is 2.69. The second kappa shape index (κ2) is 4.47. The number of rotatable bonds is 3. The molecular weight excluding hydrogens is 458 g/mol. The fourth-order valence-corrected chi connectivity index (χ4v) is 16.2. The molecule has 0 N–H and O–H groups in total. The summed E-state index contributed by atoms with van der Waals surface area (Å²) in [7, 11) is 0. The van der Waals surface area contributed by atoms with Crippen molar-refractivity contribution >= 4 is 24.8 Å². The Morgan fingerprint density at radius 3 is 1.90 bits per heavy atom. The van der Waals surface area contributed by atoms with Gasteiger partial charge in [0.05, 0.1) is 0 Å². The van der Waals surface area contributed by atoms with Crippen molar-refractivity contribution in [3.05, 3.63) is 51.9 Å². The molecule has 1 aromatic carbocycles. The third-order valence-corrected chi connectivity index (χ3v) is 22.6. The Balaban J connectivity index is 0.00000180. The third kappa shape index (κ3) is 4.22. The summed E-state index contributed by atoms with van der Waals surface area (Å²) in [6.07, 6.45) is 7.66. The molecule has 0 spiro atoms. The summed E-state index contributed by atoms with van der Waals surface area (Å²) >= 11 is -4.37. The molecule has 0 unspecified atom stereocenters. The first-order valence-corrected chi connectivity index (χ1v) is 28.0. The zero-order chi connectivity index (χ0) is 13.6. The molecule has 1 aromatic rings. The monoisotopic (exact) mass is 485 g/mol. The Hall–Kier alpha value is -0.0499. The Morgan fingerprint density at radius 2 is 1.45 bits per heavy atom. The first kappa shape index (κ1) is 20.0. The van der Waals surface area contributed by atoms with Gasteiger partial charge < -0.3 is 0 Å². The molecule has 20 heavy (non-hydrogen) atoms. The summed E-state index contributed by atoms with van der Waals surface area (Å²) in [5.41, 5.74) is 0. The van der Waals surface area contributed by atoms with Crippen LogP contribution >= 0.6 is 24.8 Å². The molecule has 0 saturated carbocycles. The Bertz CT molecular complexity index is 558. The molecule has 0 aliphatic heterocycles. The van der Waals surface area contributed by atoms with Crippen LogP contribution in [-0.2, 0) is 16.0 Å². The summed E-state index contributed by atoms with van der Waals surface area (Å²) < 4.78 is 20.1. The van der Waals surface area contributed by atoms with Gasteiger partial charge in [-0.15, -0.1) is 24.8 Å². The van der Waals surface area contributed by atoms with E-state index in [0.717, 1.165) is 12.2 Å². The second-order valence-corrected chi connectivity index (χ2v) is 66.1. The first-order valence-electron chi connectivity index (χ1n) is 6.79. The Labute approximate surface area is 130 Å². The summed E-state index contributed by atoms with van der Waals surface area (Å²) in [5, 5.41) is 0. The Kier molecular flexibility index (Phi) is 4.46. The Morgan fingerprint density at radius 1 is 0.900 bits per heavy atom. The van der Waals surface area contributed by atoms with Crippen LogP contribution in [0.25, 0.3) is 0 Å². The van der Waals surface area contributed by atoms with Crippen LogP contribution in [0.2, 0.25) is 23.4 Å². The number of halogens is 2. The van der Waals surface area contributed by atoms with Gasteiger partial charge in [-0.05, 0) is 0 Å². The quantitative estimate of drug-likeness (QED) is 0.435. The maximum atomic E-state index is 6.74. The van der Waals surface area contributed by atoms with Crippen molar-refractivity contribution in [3.63, 3.8) is 0 Å². The molecule has 115 valence electrons. The van der Waals surface area contributed by atoms with Crippen molar-refractivity contribution in [3.8, 4) is 5.75 Å². The number of benzene rings is 1. The molecule has 0 amide bonds.